The number of amides is 1. The molecule has 1 saturated heterocycles. The maximum absolute atomic E-state index is 12.7. The molecule has 1 aromatic carbocycles. The summed E-state index contributed by atoms with van der Waals surface area (Å²) in [6, 6.07) is 8.34. The van der Waals surface area contributed by atoms with Crippen molar-refractivity contribution in [3.63, 3.8) is 0 Å². The van der Waals surface area contributed by atoms with Crippen LogP contribution in [0.15, 0.2) is 30.3 Å². The minimum absolute atomic E-state index is 0.212. The van der Waals surface area contributed by atoms with Crippen LogP contribution in [-0.4, -0.2) is 54.1 Å². The molecule has 1 aromatic rings. The van der Waals surface area contributed by atoms with E-state index in [1.807, 2.05) is 51.1 Å². The smallest absolute Gasteiger partial charge is 0.330 e. The lowest BCUT2D eigenvalue weighted by Crippen LogP contribution is -2.61. The lowest BCUT2D eigenvalue weighted by atomic mass is 10.0. The van der Waals surface area contributed by atoms with E-state index < -0.39 is 23.7 Å². The summed E-state index contributed by atoms with van der Waals surface area (Å²) in [6.07, 6.45) is 0.449. The molecule has 2 atom stereocenters. The second-order valence-corrected chi connectivity index (χ2v) is 7.08. The van der Waals surface area contributed by atoms with Gasteiger partial charge in [-0.25, -0.2) is 4.79 Å². The van der Waals surface area contributed by atoms with E-state index in [0.29, 0.717) is 26.1 Å². The number of hydrogen-bond acceptors (Lipinski definition) is 5. The predicted octanol–water partition coefficient (Wildman–Crippen LogP) is 0.699. The normalized spacial score (nSPS) is 19.7. The summed E-state index contributed by atoms with van der Waals surface area (Å²) in [5.41, 5.74) is 6.52. The third kappa shape index (κ3) is 5.04. The topological polar surface area (TPSA) is 84.7 Å². The van der Waals surface area contributed by atoms with Crippen molar-refractivity contribution in [2.45, 2.75) is 44.9 Å². The maximum Gasteiger partial charge on any atom is 0.330 e. The van der Waals surface area contributed by atoms with Gasteiger partial charge in [0.05, 0.1) is 6.04 Å². The van der Waals surface area contributed by atoms with Gasteiger partial charge in [0.15, 0.2) is 0 Å². The Morgan fingerprint density at radius 1 is 1.33 bits per heavy atom. The van der Waals surface area contributed by atoms with E-state index >= 15 is 0 Å². The van der Waals surface area contributed by atoms with E-state index in [4.69, 9.17) is 10.5 Å². The van der Waals surface area contributed by atoms with Gasteiger partial charge in [-0.15, -0.1) is 0 Å². The first-order valence-corrected chi connectivity index (χ1v) is 8.31. The Balaban J connectivity index is 2.05. The molecule has 3 N–H and O–H groups in total. The molecule has 0 spiro atoms. The quantitative estimate of drug-likeness (QED) is 0.792. The number of nitrogens with two attached hydrogens (primary N) is 1. The van der Waals surface area contributed by atoms with E-state index in [-0.39, 0.29) is 5.91 Å². The Hall–Kier alpha value is -1.92. The highest BCUT2D eigenvalue weighted by Crippen LogP contribution is 2.14. The van der Waals surface area contributed by atoms with Crippen molar-refractivity contribution in [2.75, 3.05) is 19.6 Å². The molecule has 0 saturated carbocycles. The number of rotatable bonds is 4. The van der Waals surface area contributed by atoms with E-state index in [2.05, 4.69) is 5.32 Å². The maximum atomic E-state index is 12.7. The number of carbonyl (C=O) groups excluding carboxylic acids is 2. The number of nitrogens with zero attached hydrogens (tertiary/aromatic N) is 1. The molecule has 1 unspecified atom stereocenters. The molecular formula is C18H27N3O3. The van der Waals surface area contributed by atoms with Gasteiger partial charge in [-0.2, -0.15) is 0 Å². The highest BCUT2D eigenvalue weighted by molar-refractivity contribution is 5.88. The van der Waals surface area contributed by atoms with Crippen molar-refractivity contribution >= 4 is 11.9 Å². The monoisotopic (exact) mass is 333 g/mol. The molecule has 6 heteroatoms. The summed E-state index contributed by atoms with van der Waals surface area (Å²) in [5, 5.41) is 3.14. The van der Waals surface area contributed by atoms with Gasteiger partial charge in [-0.1, -0.05) is 30.3 Å². The second kappa shape index (κ2) is 7.77. The summed E-state index contributed by atoms with van der Waals surface area (Å²) < 4.78 is 5.44. The molecule has 132 valence electrons. The van der Waals surface area contributed by atoms with Crippen molar-refractivity contribution in [2.24, 2.45) is 5.73 Å². The van der Waals surface area contributed by atoms with Gasteiger partial charge >= 0.3 is 5.97 Å². The summed E-state index contributed by atoms with van der Waals surface area (Å²) in [6.45, 7) is 6.92. The largest absolute Gasteiger partial charge is 0.458 e. The van der Waals surface area contributed by atoms with Gasteiger partial charge < -0.3 is 20.7 Å². The highest BCUT2D eigenvalue weighted by atomic mass is 16.6. The SMILES string of the molecule is CC(C)(C)OC(=O)C1CNCCN1C(=O)[C@@H](N)Cc1ccccc1. The first-order chi connectivity index (χ1) is 11.3. The molecule has 1 fully saturated rings. The van der Waals surface area contributed by atoms with Crippen LogP contribution < -0.4 is 11.1 Å². The minimum Gasteiger partial charge on any atom is -0.458 e. The molecular weight excluding hydrogens is 306 g/mol. The number of hydrogen-bond donors (Lipinski definition) is 2. The molecule has 6 nitrogen and oxygen atoms in total. The average molecular weight is 333 g/mol. The van der Waals surface area contributed by atoms with Crippen LogP contribution in [0.1, 0.15) is 26.3 Å². The number of esters is 1. The molecule has 1 aliphatic rings. The van der Waals surface area contributed by atoms with Gasteiger partial charge in [0.25, 0.3) is 0 Å². The second-order valence-electron chi connectivity index (χ2n) is 7.08. The van der Waals surface area contributed by atoms with Crippen molar-refractivity contribution in [1.82, 2.24) is 10.2 Å². The van der Waals surface area contributed by atoms with Crippen LogP contribution >= 0.6 is 0 Å². The Morgan fingerprint density at radius 3 is 2.62 bits per heavy atom. The van der Waals surface area contributed by atoms with Crippen LogP contribution in [0.5, 0.6) is 0 Å². The van der Waals surface area contributed by atoms with Crippen molar-refractivity contribution < 1.29 is 14.3 Å². The van der Waals surface area contributed by atoms with E-state index in [9.17, 15) is 9.59 Å². The van der Waals surface area contributed by atoms with Crippen molar-refractivity contribution in [1.29, 1.82) is 0 Å². The Morgan fingerprint density at radius 2 is 2.00 bits per heavy atom. The number of carbonyl (C=O) groups is 2. The third-order valence-electron chi connectivity index (χ3n) is 3.82. The van der Waals surface area contributed by atoms with Gasteiger partial charge in [-0.3, -0.25) is 4.79 Å². The molecule has 0 radical (unpaired) electrons. The van der Waals surface area contributed by atoms with Crippen LogP contribution in [0.3, 0.4) is 0 Å². The van der Waals surface area contributed by atoms with Gasteiger partial charge in [0.1, 0.15) is 11.6 Å². The average Bonchev–Trinajstić information content (AvgIpc) is 2.53. The molecule has 0 aromatic heterocycles. The van der Waals surface area contributed by atoms with E-state index in [1.54, 1.807) is 4.90 Å². The van der Waals surface area contributed by atoms with Crippen LogP contribution in [0, 0.1) is 0 Å². The summed E-state index contributed by atoms with van der Waals surface area (Å²) in [7, 11) is 0. The molecule has 0 bridgehead atoms. The van der Waals surface area contributed by atoms with Crippen molar-refractivity contribution in [3.05, 3.63) is 35.9 Å². The third-order valence-corrected chi connectivity index (χ3v) is 3.82. The van der Waals surface area contributed by atoms with Gasteiger partial charge in [-0.05, 0) is 32.8 Å². The molecule has 1 heterocycles. The van der Waals surface area contributed by atoms with Crippen LogP contribution in [-0.2, 0) is 20.7 Å². The highest BCUT2D eigenvalue weighted by Gasteiger charge is 2.36. The predicted molar refractivity (Wildman–Crippen MR) is 92.3 cm³/mol. The van der Waals surface area contributed by atoms with Crippen LogP contribution in [0.25, 0.3) is 0 Å². The molecule has 1 amide bonds. The summed E-state index contributed by atoms with van der Waals surface area (Å²) in [4.78, 5) is 26.7. The van der Waals surface area contributed by atoms with E-state index in [1.165, 1.54) is 0 Å². The molecule has 1 aliphatic heterocycles. The molecule has 0 aliphatic carbocycles. The van der Waals surface area contributed by atoms with E-state index in [0.717, 1.165) is 5.56 Å². The zero-order chi connectivity index (χ0) is 17.7. The summed E-state index contributed by atoms with van der Waals surface area (Å²) >= 11 is 0. The standard InChI is InChI=1S/C18H27N3O3/c1-18(2,3)24-17(23)15-12-20-9-10-21(15)16(22)14(19)11-13-7-5-4-6-8-13/h4-8,14-15,20H,9-12,19H2,1-3H3/t14-,15?/m0/s1. The first kappa shape index (κ1) is 18.4. The lowest BCUT2D eigenvalue weighted by Gasteiger charge is -2.37. The fourth-order valence-corrected chi connectivity index (χ4v) is 2.72. The number of nitrogens with one attached hydrogen (secondary N) is 1. The lowest BCUT2D eigenvalue weighted by molar-refractivity contribution is -0.166. The summed E-state index contributed by atoms with van der Waals surface area (Å²) in [5.74, 6) is -0.605. The number of piperazine rings is 1. The van der Waals surface area contributed by atoms with Crippen molar-refractivity contribution in [3.8, 4) is 0 Å². The minimum atomic E-state index is -0.671. The Bertz CT molecular complexity index is 569. The molecule has 24 heavy (non-hydrogen) atoms. The van der Waals surface area contributed by atoms with Gasteiger partial charge in [0.2, 0.25) is 5.91 Å². The Kier molecular flexibility index (Phi) is 5.96. The fraction of sp³-hybridized carbons (Fsp3) is 0.556. The zero-order valence-electron chi connectivity index (χ0n) is 14.6. The van der Waals surface area contributed by atoms with Crippen LogP contribution in [0.2, 0.25) is 0 Å². The fourth-order valence-electron chi connectivity index (χ4n) is 2.72. The zero-order valence-corrected chi connectivity index (χ0v) is 14.6. The van der Waals surface area contributed by atoms with Crippen LogP contribution in [0.4, 0.5) is 0 Å². The first-order valence-electron chi connectivity index (χ1n) is 8.31. The number of ether oxygens (including phenoxy) is 1. The Labute approximate surface area is 143 Å². The molecule has 2 rings (SSSR count). The number of benzene rings is 1. The van der Waals surface area contributed by atoms with Gasteiger partial charge in [0, 0.05) is 19.6 Å².